The van der Waals surface area contributed by atoms with E-state index in [0.717, 1.165) is 11.8 Å². The Balaban J connectivity index is 1.64. The third kappa shape index (κ3) is 3.20. The van der Waals surface area contributed by atoms with Crippen molar-refractivity contribution in [3.05, 3.63) is 29.6 Å². The van der Waals surface area contributed by atoms with Crippen LogP contribution in [0.3, 0.4) is 0 Å². The second-order valence-corrected chi connectivity index (χ2v) is 7.43. The fourth-order valence-electron chi connectivity index (χ4n) is 3.71. The zero-order valence-electron chi connectivity index (χ0n) is 12.5. The van der Waals surface area contributed by atoms with Crippen LogP contribution in [0, 0.1) is 0 Å². The van der Waals surface area contributed by atoms with Gasteiger partial charge in [-0.1, -0.05) is 25.8 Å². The molecule has 110 valence electrons. The second-order valence-electron chi connectivity index (χ2n) is 6.10. The molecule has 0 aliphatic heterocycles. The van der Waals surface area contributed by atoms with Crippen molar-refractivity contribution < 1.29 is 0 Å². The molecule has 20 heavy (non-hydrogen) atoms. The maximum atomic E-state index is 4.67. The van der Waals surface area contributed by atoms with Crippen LogP contribution in [0.2, 0.25) is 0 Å². The number of aryl methyl sites for hydroxylation is 1. The van der Waals surface area contributed by atoms with Gasteiger partial charge in [-0.2, -0.15) is 11.8 Å². The van der Waals surface area contributed by atoms with Crippen LogP contribution in [0.15, 0.2) is 18.3 Å². The molecule has 2 unspecified atom stereocenters. The maximum Gasteiger partial charge on any atom is 0.0482 e. The monoisotopic (exact) mass is 290 g/mol. The van der Waals surface area contributed by atoms with Crippen molar-refractivity contribution in [2.45, 2.75) is 62.7 Å². The Morgan fingerprint density at radius 1 is 1.35 bits per heavy atom. The molecule has 0 saturated heterocycles. The number of nitrogens with one attached hydrogen (secondary N) is 1. The van der Waals surface area contributed by atoms with E-state index in [1.165, 1.54) is 55.5 Å². The van der Waals surface area contributed by atoms with E-state index in [-0.39, 0.29) is 0 Å². The highest BCUT2D eigenvalue weighted by molar-refractivity contribution is 7.99. The smallest absolute Gasteiger partial charge is 0.0482 e. The molecule has 0 aromatic carbocycles. The summed E-state index contributed by atoms with van der Waals surface area (Å²) in [6.07, 6.45) is 10.2. The summed E-state index contributed by atoms with van der Waals surface area (Å²) in [5.41, 5.74) is 2.84. The van der Waals surface area contributed by atoms with Crippen molar-refractivity contribution in [2.24, 2.45) is 0 Å². The van der Waals surface area contributed by atoms with E-state index in [1.807, 2.05) is 6.20 Å². The van der Waals surface area contributed by atoms with E-state index in [2.05, 4.69) is 41.1 Å². The van der Waals surface area contributed by atoms with Gasteiger partial charge in [0.1, 0.15) is 0 Å². The Bertz CT molecular complexity index is 429. The first-order valence-electron chi connectivity index (χ1n) is 8.17. The molecular weight excluding hydrogens is 264 g/mol. The lowest BCUT2D eigenvalue weighted by Gasteiger charge is -2.25. The zero-order valence-corrected chi connectivity index (χ0v) is 13.3. The van der Waals surface area contributed by atoms with Gasteiger partial charge in [-0.3, -0.25) is 4.98 Å². The minimum Gasteiger partial charge on any atom is -0.313 e. The quantitative estimate of drug-likeness (QED) is 0.863. The van der Waals surface area contributed by atoms with Crippen LogP contribution in [0.5, 0.6) is 0 Å². The third-order valence-electron chi connectivity index (χ3n) is 4.77. The molecular formula is C17H26N2S. The van der Waals surface area contributed by atoms with Crippen LogP contribution < -0.4 is 5.32 Å². The Labute approximate surface area is 127 Å². The Morgan fingerprint density at radius 3 is 3.00 bits per heavy atom. The van der Waals surface area contributed by atoms with Gasteiger partial charge in [-0.05, 0) is 43.9 Å². The highest BCUT2D eigenvalue weighted by Gasteiger charge is 2.31. The van der Waals surface area contributed by atoms with Gasteiger partial charge in [-0.15, -0.1) is 0 Å². The molecule has 3 rings (SSSR count). The van der Waals surface area contributed by atoms with Gasteiger partial charge < -0.3 is 5.32 Å². The molecule has 2 aliphatic carbocycles. The van der Waals surface area contributed by atoms with Crippen molar-refractivity contribution in [1.82, 2.24) is 10.3 Å². The SMILES string of the molecule is CCNC(CSC1CCCC1)C1CCc2cccnc21. The molecule has 1 heterocycles. The number of aromatic nitrogens is 1. The van der Waals surface area contributed by atoms with Crippen molar-refractivity contribution >= 4 is 11.8 Å². The van der Waals surface area contributed by atoms with Crippen LogP contribution in [0.1, 0.15) is 56.2 Å². The van der Waals surface area contributed by atoms with Crippen molar-refractivity contribution in [3.8, 4) is 0 Å². The number of hydrogen-bond donors (Lipinski definition) is 1. The largest absolute Gasteiger partial charge is 0.313 e. The van der Waals surface area contributed by atoms with Crippen LogP contribution in [0.25, 0.3) is 0 Å². The lowest BCUT2D eigenvalue weighted by atomic mass is 9.98. The van der Waals surface area contributed by atoms with E-state index in [0.29, 0.717) is 12.0 Å². The van der Waals surface area contributed by atoms with Crippen molar-refractivity contribution in [3.63, 3.8) is 0 Å². The van der Waals surface area contributed by atoms with Crippen molar-refractivity contribution in [2.75, 3.05) is 12.3 Å². The first-order chi connectivity index (χ1) is 9.88. The molecule has 1 N–H and O–H groups in total. The summed E-state index contributed by atoms with van der Waals surface area (Å²) in [5.74, 6) is 1.87. The topological polar surface area (TPSA) is 24.9 Å². The molecule has 0 bridgehead atoms. The molecule has 2 aliphatic rings. The zero-order chi connectivity index (χ0) is 13.8. The Morgan fingerprint density at radius 2 is 2.20 bits per heavy atom. The fourth-order valence-corrected chi connectivity index (χ4v) is 5.21. The summed E-state index contributed by atoms with van der Waals surface area (Å²) in [4.78, 5) is 4.67. The first kappa shape index (κ1) is 14.4. The van der Waals surface area contributed by atoms with E-state index in [9.17, 15) is 0 Å². The summed E-state index contributed by atoms with van der Waals surface area (Å²) in [6, 6.07) is 4.94. The molecule has 1 aromatic heterocycles. The number of fused-ring (bicyclic) bond motifs is 1. The van der Waals surface area contributed by atoms with Crippen molar-refractivity contribution in [1.29, 1.82) is 0 Å². The second kappa shape index (κ2) is 6.95. The summed E-state index contributed by atoms with van der Waals surface area (Å²) in [7, 11) is 0. The fraction of sp³-hybridized carbons (Fsp3) is 0.706. The highest BCUT2D eigenvalue weighted by Crippen LogP contribution is 2.37. The first-order valence-corrected chi connectivity index (χ1v) is 9.22. The molecule has 2 nitrogen and oxygen atoms in total. The van der Waals surface area contributed by atoms with E-state index < -0.39 is 0 Å². The van der Waals surface area contributed by atoms with Gasteiger partial charge in [0, 0.05) is 34.9 Å². The molecule has 1 fully saturated rings. The predicted molar refractivity (Wildman–Crippen MR) is 87.5 cm³/mol. The average Bonchev–Trinajstić information content (AvgIpc) is 3.13. The number of thioether (sulfide) groups is 1. The third-order valence-corrected chi connectivity index (χ3v) is 6.26. The van der Waals surface area contributed by atoms with Gasteiger partial charge in [0.05, 0.1) is 0 Å². The standard InChI is InChI=1S/C17H26N2S/c1-2-18-16(12-20-14-7-3-4-8-14)15-10-9-13-6-5-11-19-17(13)15/h5-6,11,14-16,18H,2-4,7-10,12H2,1H3. The molecule has 3 heteroatoms. The molecule has 2 atom stereocenters. The summed E-state index contributed by atoms with van der Waals surface area (Å²) in [5, 5.41) is 4.65. The lowest BCUT2D eigenvalue weighted by Crippen LogP contribution is -2.37. The van der Waals surface area contributed by atoms with Gasteiger partial charge in [0.2, 0.25) is 0 Å². The lowest BCUT2D eigenvalue weighted by molar-refractivity contribution is 0.467. The maximum absolute atomic E-state index is 4.67. The summed E-state index contributed by atoms with van der Waals surface area (Å²) in [6.45, 7) is 3.29. The number of nitrogens with zero attached hydrogens (tertiary/aromatic N) is 1. The average molecular weight is 290 g/mol. The van der Waals surface area contributed by atoms with Gasteiger partial charge in [0.25, 0.3) is 0 Å². The Hall–Kier alpha value is -0.540. The minimum atomic E-state index is 0.599. The Kier molecular flexibility index (Phi) is 5.00. The van der Waals surface area contributed by atoms with Gasteiger partial charge in [-0.25, -0.2) is 0 Å². The summed E-state index contributed by atoms with van der Waals surface area (Å²) >= 11 is 2.20. The molecule has 0 amide bonds. The molecule has 0 spiro atoms. The van der Waals surface area contributed by atoms with E-state index in [4.69, 9.17) is 0 Å². The molecule has 1 saturated carbocycles. The summed E-state index contributed by atoms with van der Waals surface area (Å²) < 4.78 is 0. The van der Waals surface area contributed by atoms with E-state index >= 15 is 0 Å². The van der Waals surface area contributed by atoms with Gasteiger partial charge >= 0.3 is 0 Å². The van der Waals surface area contributed by atoms with Gasteiger partial charge in [0.15, 0.2) is 0 Å². The molecule has 0 radical (unpaired) electrons. The minimum absolute atomic E-state index is 0.599. The number of hydrogen-bond acceptors (Lipinski definition) is 3. The van der Waals surface area contributed by atoms with Crippen LogP contribution >= 0.6 is 11.8 Å². The van der Waals surface area contributed by atoms with Crippen LogP contribution in [0.4, 0.5) is 0 Å². The van der Waals surface area contributed by atoms with E-state index in [1.54, 1.807) is 0 Å². The number of rotatable bonds is 6. The molecule has 1 aromatic rings. The highest BCUT2D eigenvalue weighted by atomic mass is 32.2. The predicted octanol–water partition coefficient (Wildman–Crippen LogP) is 3.77. The normalized spacial score (nSPS) is 23.9. The van der Waals surface area contributed by atoms with Crippen LogP contribution in [-0.4, -0.2) is 28.6 Å². The number of likely N-dealkylation sites (N-methyl/N-ethyl adjacent to an activating group) is 1. The van der Waals surface area contributed by atoms with Crippen LogP contribution in [-0.2, 0) is 6.42 Å². The number of pyridine rings is 1.